The van der Waals surface area contributed by atoms with E-state index >= 15 is 0 Å². The summed E-state index contributed by atoms with van der Waals surface area (Å²) in [4.78, 5) is 12.4. The first-order valence-corrected chi connectivity index (χ1v) is 6.63. The van der Waals surface area contributed by atoms with Crippen molar-refractivity contribution in [2.45, 2.75) is 6.42 Å². The van der Waals surface area contributed by atoms with Gasteiger partial charge in [-0.2, -0.15) is 5.26 Å². The minimum absolute atomic E-state index is 0.177. The van der Waals surface area contributed by atoms with Crippen molar-refractivity contribution in [3.63, 3.8) is 0 Å². The number of nitriles is 1. The first-order valence-electron chi connectivity index (χ1n) is 6.25. The van der Waals surface area contributed by atoms with Crippen molar-refractivity contribution >= 4 is 23.2 Å². The van der Waals surface area contributed by atoms with Gasteiger partial charge in [0, 0.05) is 10.6 Å². The molecule has 4 nitrogen and oxygen atoms in total. The third-order valence-corrected chi connectivity index (χ3v) is 3.18. The van der Waals surface area contributed by atoms with E-state index in [1.54, 1.807) is 42.5 Å². The average Bonchev–Trinajstić information content (AvgIpc) is 2.48. The Kier molecular flexibility index (Phi) is 4.81. The summed E-state index contributed by atoms with van der Waals surface area (Å²) in [5.41, 5.74) is 1.63. The number of rotatable bonds is 4. The molecule has 0 aliphatic rings. The summed E-state index contributed by atoms with van der Waals surface area (Å²) in [6, 6.07) is 14.0. The Morgan fingerprint density at radius 1 is 1.33 bits per heavy atom. The van der Waals surface area contributed by atoms with Gasteiger partial charge in [-0.05, 0) is 29.8 Å². The van der Waals surface area contributed by atoms with E-state index in [1.165, 1.54) is 7.11 Å². The van der Waals surface area contributed by atoms with Crippen molar-refractivity contribution in [1.29, 1.82) is 5.26 Å². The van der Waals surface area contributed by atoms with Crippen LogP contribution in [0.4, 0.5) is 5.69 Å². The number of amides is 1. The number of carbonyl (C=O) groups is 1. The molecule has 2 aromatic rings. The molecule has 0 saturated carbocycles. The van der Waals surface area contributed by atoms with E-state index in [0.29, 0.717) is 27.6 Å². The zero-order valence-corrected chi connectivity index (χ0v) is 12.1. The molecule has 0 atom stereocenters. The maximum atomic E-state index is 12.4. The van der Waals surface area contributed by atoms with Gasteiger partial charge in [0.15, 0.2) is 0 Å². The number of benzene rings is 2. The SMILES string of the molecule is COc1ccc(Cl)cc1NC(=O)c1ccccc1CC#N. The van der Waals surface area contributed by atoms with E-state index in [-0.39, 0.29) is 12.3 Å². The second kappa shape index (κ2) is 6.78. The standard InChI is InChI=1S/C16H13ClN2O2/c1-21-15-7-6-12(17)10-14(15)19-16(20)13-5-3-2-4-11(13)8-9-18/h2-7,10H,8H2,1H3,(H,19,20). The minimum atomic E-state index is -0.304. The van der Waals surface area contributed by atoms with E-state index in [0.717, 1.165) is 0 Å². The van der Waals surface area contributed by atoms with Gasteiger partial charge in [0.05, 0.1) is 25.3 Å². The van der Waals surface area contributed by atoms with Gasteiger partial charge in [-0.15, -0.1) is 0 Å². The fourth-order valence-corrected chi connectivity index (χ4v) is 2.12. The number of methoxy groups -OCH3 is 1. The molecule has 106 valence electrons. The number of anilines is 1. The van der Waals surface area contributed by atoms with E-state index in [2.05, 4.69) is 5.32 Å². The molecule has 2 aromatic carbocycles. The molecule has 0 bridgehead atoms. The predicted molar refractivity (Wildman–Crippen MR) is 81.7 cm³/mol. The normalized spacial score (nSPS) is 9.76. The van der Waals surface area contributed by atoms with Crippen molar-refractivity contribution in [3.8, 4) is 11.8 Å². The summed E-state index contributed by atoms with van der Waals surface area (Å²) in [6.07, 6.45) is 0.177. The Bertz CT molecular complexity index is 708. The summed E-state index contributed by atoms with van der Waals surface area (Å²) >= 11 is 5.93. The molecule has 0 radical (unpaired) electrons. The molecule has 0 unspecified atom stereocenters. The van der Waals surface area contributed by atoms with Gasteiger partial charge in [-0.25, -0.2) is 0 Å². The first-order chi connectivity index (χ1) is 10.2. The third kappa shape index (κ3) is 3.53. The Morgan fingerprint density at radius 3 is 2.81 bits per heavy atom. The highest BCUT2D eigenvalue weighted by Crippen LogP contribution is 2.28. The molecule has 0 aliphatic heterocycles. The topological polar surface area (TPSA) is 62.1 Å². The maximum Gasteiger partial charge on any atom is 0.256 e. The van der Waals surface area contributed by atoms with Gasteiger partial charge in [-0.3, -0.25) is 4.79 Å². The summed E-state index contributed by atoms with van der Waals surface area (Å²) in [7, 11) is 1.52. The van der Waals surface area contributed by atoms with Crippen LogP contribution in [0.2, 0.25) is 5.02 Å². The van der Waals surface area contributed by atoms with Gasteiger partial charge in [0.25, 0.3) is 5.91 Å². The number of ether oxygens (including phenoxy) is 1. The second-order valence-electron chi connectivity index (χ2n) is 4.29. The highest BCUT2D eigenvalue weighted by molar-refractivity contribution is 6.31. The van der Waals surface area contributed by atoms with E-state index in [1.807, 2.05) is 6.07 Å². The lowest BCUT2D eigenvalue weighted by molar-refractivity contribution is 0.102. The Balaban J connectivity index is 2.31. The minimum Gasteiger partial charge on any atom is -0.495 e. The van der Waals surface area contributed by atoms with Crippen molar-refractivity contribution in [2.75, 3.05) is 12.4 Å². The fourth-order valence-electron chi connectivity index (χ4n) is 1.95. The lowest BCUT2D eigenvalue weighted by Gasteiger charge is -2.12. The molecule has 0 aliphatic carbocycles. The number of nitrogens with zero attached hydrogens (tertiary/aromatic N) is 1. The van der Waals surface area contributed by atoms with Crippen LogP contribution in [-0.4, -0.2) is 13.0 Å². The molecule has 21 heavy (non-hydrogen) atoms. The van der Waals surface area contributed by atoms with Crippen LogP contribution in [0, 0.1) is 11.3 Å². The summed E-state index contributed by atoms with van der Waals surface area (Å²) in [6.45, 7) is 0. The average molecular weight is 301 g/mol. The van der Waals surface area contributed by atoms with E-state index in [9.17, 15) is 4.79 Å². The Morgan fingerprint density at radius 2 is 2.10 bits per heavy atom. The first kappa shape index (κ1) is 14.9. The maximum absolute atomic E-state index is 12.4. The molecule has 1 N–H and O–H groups in total. The molecular formula is C16H13ClN2O2. The van der Waals surface area contributed by atoms with Crippen LogP contribution >= 0.6 is 11.6 Å². The van der Waals surface area contributed by atoms with Crippen molar-refractivity contribution in [2.24, 2.45) is 0 Å². The zero-order valence-electron chi connectivity index (χ0n) is 11.4. The van der Waals surface area contributed by atoms with Crippen molar-refractivity contribution in [3.05, 3.63) is 58.6 Å². The van der Waals surface area contributed by atoms with Crippen LogP contribution < -0.4 is 10.1 Å². The van der Waals surface area contributed by atoms with Crippen LogP contribution in [0.5, 0.6) is 5.75 Å². The zero-order chi connectivity index (χ0) is 15.2. The smallest absolute Gasteiger partial charge is 0.256 e. The Labute approximate surface area is 127 Å². The van der Waals surface area contributed by atoms with Gasteiger partial charge in [0.1, 0.15) is 5.75 Å². The molecule has 0 heterocycles. The van der Waals surface area contributed by atoms with Gasteiger partial charge in [0.2, 0.25) is 0 Å². The second-order valence-corrected chi connectivity index (χ2v) is 4.73. The number of hydrogen-bond donors (Lipinski definition) is 1. The summed E-state index contributed by atoms with van der Waals surface area (Å²) in [5, 5.41) is 12.1. The molecular weight excluding hydrogens is 288 g/mol. The van der Waals surface area contributed by atoms with Crippen LogP contribution in [0.15, 0.2) is 42.5 Å². The number of halogens is 1. The molecule has 1 amide bonds. The summed E-state index contributed by atoms with van der Waals surface area (Å²) in [5.74, 6) is 0.215. The van der Waals surface area contributed by atoms with Crippen molar-refractivity contribution < 1.29 is 9.53 Å². The largest absolute Gasteiger partial charge is 0.495 e. The molecule has 0 saturated heterocycles. The number of hydrogen-bond acceptors (Lipinski definition) is 3. The highest BCUT2D eigenvalue weighted by Gasteiger charge is 2.13. The molecule has 0 aromatic heterocycles. The van der Waals surface area contributed by atoms with E-state index in [4.69, 9.17) is 21.6 Å². The van der Waals surface area contributed by atoms with Gasteiger partial charge >= 0.3 is 0 Å². The van der Waals surface area contributed by atoms with Crippen molar-refractivity contribution in [1.82, 2.24) is 0 Å². The molecule has 5 heteroatoms. The predicted octanol–water partition coefficient (Wildman–Crippen LogP) is 3.67. The third-order valence-electron chi connectivity index (χ3n) is 2.94. The monoisotopic (exact) mass is 300 g/mol. The summed E-state index contributed by atoms with van der Waals surface area (Å²) < 4.78 is 5.19. The lowest BCUT2D eigenvalue weighted by atomic mass is 10.0. The van der Waals surface area contributed by atoms with Crippen LogP contribution in [-0.2, 0) is 6.42 Å². The Hall–Kier alpha value is -2.51. The lowest BCUT2D eigenvalue weighted by Crippen LogP contribution is -2.14. The molecule has 0 spiro atoms. The van der Waals surface area contributed by atoms with Crippen LogP contribution in [0.25, 0.3) is 0 Å². The number of nitrogens with one attached hydrogen (secondary N) is 1. The van der Waals surface area contributed by atoms with Crippen LogP contribution in [0.1, 0.15) is 15.9 Å². The van der Waals surface area contributed by atoms with Crippen LogP contribution in [0.3, 0.4) is 0 Å². The van der Waals surface area contributed by atoms with E-state index < -0.39 is 0 Å². The number of carbonyl (C=O) groups excluding carboxylic acids is 1. The quantitative estimate of drug-likeness (QED) is 0.937. The van der Waals surface area contributed by atoms with Gasteiger partial charge in [-0.1, -0.05) is 29.8 Å². The molecule has 2 rings (SSSR count). The fraction of sp³-hybridized carbons (Fsp3) is 0.125. The molecule has 0 fully saturated rings. The van der Waals surface area contributed by atoms with Gasteiger partial charge < -0.3 is 10.1 Å². The highest BCUT2D eigenvalue weighted by atomic mass is 35.5.